The minimum absolute atomic E-state index is 0.140. The fraction of sp³-hybridized carbons (Fsp3) is 0.647. The summed E-state index contributed by atoms with van der Waals surface area (Å²) >= 11 is 1.53. The van der Waals surface area contributed by atoms with E-state index in [9.17, 15) is 18.4 Å². The first-order valence-electron chi connectivity index (χ1n) is 8.64. The minimum atomic E-state index is -2.86. The van der Waals surface area contributed by atoms with E-state index in [-0.39, 0.29) is 23.8 Å². The number of nitrogens with one attached hydrogen (secondary N) is 1. The van der Waals surface area contributed by atoms with Crippen molar-refractivity contribution in [1.29, 1.82) is 0 Å². The smallest absolute Gasteiger partial charge is 0.262 e. The Hall–Kier alpha value is -1.54. The molecule has 5 nitrogen and oxygen atoms in total. The van der Waals surface area contributed by atoms with E-state index < -0.39 is 24.9 Å². The zero-order valence-electron chi connectivity index (χ0n) is 13.8. The molecule has 2 amide bonds. The third-order valence-electron chi connectivity index (χ3n) is 5.23. The predicted octanol–water partition coefficient (Wildman–Crippen LogP) is 1.69. The number of amides is 2. The highest BCUT2D eigenvalue weighted by atomic mass is 32.1. The van der Waals surface area contributed by atoms with Crippen LogP contribution in [0.15, 0.2) is 16.8 Å². The molecule has 2 saturated heterocycles. The summed E-state index contributed by atoms with van der Waals surface area (Å²) in [6.45, 7) is 0.869. The van der Waals surface area contributed by atoms with Crippen molar-refractivity contribution in [3.05, 3.63) is 22.4 Å². The predicted molar refractivity (Wildman–Crippen MR) is 89.3 cm³/mol. The van der Waals surface area contributed by atoms with E-state index in [1.54, 1.807) is 9.80 Å². The fourth-order valence-corrected chi connectivity index (χ4v) is 4.27. The van der Waals surface area contributed by atoms with Crippen molar-refractivity contribution in [2.24, 2.45) is 5.92 Å². The first-order valence-corrected chi connectivity index (χ1v) is 9.58. The van der Waals surface area contributed by atoms with Gasteiger partial charge in [0.25, 0.3) is 5.92 Å². The normalized spacial score (nSPS) is 26.5. The Balaban J connectivity index is 1.36. The van der Waals surface area contributed by atoms with Crippen LogP contribution in [0.5, 0.6) is 0 Å². The zero-order chi connectivity index (χ0) is 17.6. The van der Waals surface area contributed by atoms with Gasteiger partial charge in [-0.2, -0.15) is 11.3 Å². The molecule has 0 spiro atoms. The molecule has 25 heavy (non-hydrogen) atoms. The van der Waals surface area contributed by atoms with Gasteiger partial charge in [0, 0.05) is 38.0 Å². The van der Waals surface area contributed by atoms with Gasteiger partial charge in [0.05, 0.1) is 12.6 Å². The van der Waals surface area contributed by atoms with E-state index in [4.69, 9.17) is 0 Å². The van der Waals surface area contributed by atoms with Crippen LogP contribution < -0.4 is 5.32 Å². The number of likely N-dealkylation sites (tertiary alicyclic amines) is 2. The molecule has 1 saturated carbocycles. The molecule has 0 radical (unpaired) electrons. The van der Waals surface area contributed by atoms with E-state index in [0.717, 1.165) is 18.4 Å². The van der Waals surface area contributed by atoms with Crippen molar-refractivity contribution < 1.29 is 18.4 Å². The lowest BCUT2D eigenvalue weighted by Crippen LogP contribution is -2.64. The molecule has 1 aliphatic carbocycles. The number of hydrogen-bond acceptors (Lipinski definition) is 4. The van der Waals surface area contributed by atoms with Crippen LogP contribution in [0.25, 0.3) is 0 Å². The summed E-state index contributed by atoms with van der Waals surface area (Å²) in [6, 6.07) is 0.934. The molecule has 1 N–H and O–H groups in total. The second kappa shape index (κ2) is 6.32. The molecule has 1 atom stereocenters. The molecule has 1 aromatic heterocycles. The summed E-state index contributed by atoms with van der Waals surface area (Å²) in [6.07, 6.45) is 1.43. The number of carbonyl (C=O) groups is 2. The molecule has 3 fully saturated rings. The van der Waals surface area contributed by atoms with Crippen LogP contribution in [0, 0.1) is 5.92 Å². The summed E-state index contributed by atoms with van der Waals surface area (Å²) in [4.78, 5) is 27.8. The SMILES string of the molecule is O=C(NCc1ccsc1)[C@@H]1CC(F)(F)CN1C1CN(C(=O)C2CC2)C1. The van der Waals surface area contributed by atoms with E-state index in [1.165, 1.54) is 11.3 Å². The van der Waals surface area contributed by atoms with Gasteiger partial charge in [-0.3, -0.25) is 14.5 Å². The van der Waals surface area contributed by atoms with Crippen LogP contribution in [0.1, 0.15) is 24.8 Å². The van der Waals surface area contributed by atoms with Crippen LogP contribution in [-0.2, 0) is 16.1 Å². The number of carbonyl (C=O) groups excluding carboxylic acids is 2. The second-order valence-electron chi connectivity index (χ2n) is 7.27. The highest BCUT2D eigenvalue weighted by Gasteiger charge is 2.53. The van der Waals surface area contributed by atoms with Crippen LogP contribution in [-0.4, -0.2) is 59.3 Å². The largest absolute Gasteiger partial charge is 0.351 e. The van der Waals surface area contributed by atoms with Gasteiger partial charge in [-0.05, 0) is 35.2 Å². The van der Waals surface area contributed by atoms with E-state index >= 15 is 0 Å². The molecule has 2 aliphatic heterocycles. The van der Waals surface area contributed by atoms with Crippen molar-refractivity contribution in [3.8, 4) is 0 Å². The molecule has 136 valence electrons. The second-order valence-corrected chi connectivity index (χ2v) is 8.05. The summed E-state index contributed by atoms with van der Waals surface area (Å²) in [5.74, 6) is -2.92. The summed E-state index contributed by atoms with van der Waals surface area (Å²) < 4.78 is 27.9. The summed E-state index contributed by atoms with van der Waals surface area (Å²) in [5, 5.41) is 6.61. The highest BCUT2D eigenvalue weighted by Crippen LogP contribution is 2.37. The Labute approximate surface area is 149 Å². The average Bonchev–Trinajstić information content (AvgIpc) is 3.14. The number of alkyl halides is 2. The molecule has 0 bridgehead atoms. The maximum Gasteiger partial charge on any atom is 0.262 e. The molecule has 3 heterocycles. The van der Waals surface area contributed by atoms with Crippen molar-refractivity contribution in [2.45, 2.75) is 43.8 Å². The lowest BCUT2D eigenvalue weighted by molar-refractivity contribution is -0.141. The lowest BCUT2D eigenvalue weighted by atomic mass is 10.0. The maximum atomic E-state index is 13.9. The van der Waals surface area contributed by atoms with Gasteiger partial charge in [-0.15, -0.1) is 0 Å². The molecule has 1 aromatic rings. The first-order chi connectivity index (χ1) is 11.9. The van der Waals surface area contributed by atoms with Gasteiger partial charge >= 0.3 is 0 Å². The maximum absolute atomic E-state index is 13.9. The van der Waals surface area contributed by atoms with Gasteiger partial charge in [-0.1, -0.05) is 0 Å². The third-order valence-corrected chi connectivity index (χ3v) is 5.96. The fourth-order valence-electron chi connectivity index (χ4n) is 3.60. The lowest BCUT2D eigenvalue weighted by Gasteiger charge is -2.45. The van der Waals surface area contributed by atoms with Gasteiger partial charge in [0.1, 0.15) is 0 Å². The standard InChI is InChI=1S/C17H21F2N3O2S/c18-17(19)5-14(15(23)20-6-11-3-4-25-9-11)22(10-17)13-7-21(8-13)16(24)12-1-2-12/h3-4,9,12-14H,1-2,5-8,10H2,(H,20,23)/t14-/m0/s1. The molecule has 4 rings (SSSR count). The molecular weight excluding hydrogens is 348 g/mol. The highest BCUT2D eigenvalue weighted by molar-refractivity contribution is 7.07. The topological polar surface area (TPSA) is 52.7 Å². The Kier molecular flexibility index (Phi) is 4.27. The van der Waals surface area contributed by atoms with Crippen molar-refractivity contribution in [2.75, 3.05) is 19.6 Å². The molecule has 3 aliphatic rings. The van der Waals surface area contributed by atoms with Gasteiger partial charge in [0.2, 0.25) is 11.8 Å². The molecular formula is C17H21F2N3O2S. The van der Waals surface area contributed by atoms with Crippen LogP contribution in [0.2, 0.25) is 0 Å². The van der Waals surface area contributed by atoms with E-state index in [2.05, 4.69) is 5.32 Å². The monoisotopic (exact) mass is 369 g/mol. The Morgan fingerprint density at radius 1 is 1.32 bits per heavy atom. The summed E-state index contributed by atoms with van der Waals surface area (Å²) in [5.41, 5.74) is 0.972. The number of halogens is 2. The minimum Gasteiger partial charge on any atom is -0.351 e. The van der Waals surface area contributed by atoms with Crippen molar-refractivity contribution >= 4 is 23.2 Å². The number of thiophene rings is 1. The number of hydrogen-bond donors (Lipinski definition) is 1. The van der Waals surface area contributed by atoms with Crippen LogP contribution in [0.4, 0.5) is 8.78 Å². The molecule has 8 heteroatoms. The average molecular weight is 369 g/mol. The first kappa shape index (κ1) is 16.9. The van der Waals surface area contributed by atoms with Crippen molar-refractivity contribution in [1.82, 2.24) is 15.1 Å². The number of nitrogens with zero attached hydrogens (tertiary/aromatic N) is 2. The van der Waals surface area contributed by atoms with Crippen molar-refractivity contribution in [3.63, 3.8) is 0 Å². The molecule has 0 unspecified atom stereocenters. The Morgan fingerprint density at radius 3 is 2.72 bits per heavy atom. The third kappa shape index (κ3) is 3.55. The molecule has 0 aromatic carbocycles. The summed E-state index contributed by atoms with van der Waals surface area (Å²) in [7, 11) is 0. The number of rotatable bonds is 5. The van der Waals surface area contributed by atoms with E-state index in [0.29, 0.717) is 19.6 Å². The quantitative estimate of drug-likeness (QED) is 0.860. The van der Waals surface area contributed by atoms with Gasteiger partial charge < -0.3 is 10.2 Å². The Bertz CT molecular complexity index is 657. The van der Waals surface area contributed by atoms with Gasteiger partial charge in [-0.25, -0.2) is 8.78 Å². The van der Waals surface area contributed by atoms with Crippen LogP contribution in [0.3, 0.4) is 0 Å². The van der Waals surface area contributed by atoms with Gasteiger partial charge in [0.15, 0.2) is 0 Å². The Morgan fingerprint density at radius 2 is 2.08 bits per heavy atom. The zero-order valence-corrected chi connectivity index (χ0v) is 14.6. The van der Waals surface area contributed by atoms with Crippen LogP contribution >= 0.6 is 11.3 Å². The van der Waals surface area contributed by atoms with E-state index in [1.807, 2.05) is 16.8 Å².